The molecule has 0 saturated heterocycles. The van der Waals surface area contributed by atoms with Crippen molar-refractivity contribution in [2.24, 2.45) is 0 Å². The second-order valence-electron chi connectivity index (χ2n) is 4.27. The number of nitrogens with zero attached hydrogens (tertiary/aromatic N) is 1. The Kier molecular flexibility index (Phi) is 3.31. The number of rotatable bonds is 2. The number of aromatic nitrogens is 1. The minimum atomic E-state index is -3.61. The number of halogens is 1. The van der Waals surface area contributed by atoms with E-state index in [4.69, 9.17) is 0 Å². The molecule has 0 saturated carbocycles. The lowest BCUT2D eigenvalue weighted by Gasteiger charge is -2.08. The van der Waals surface area contributed by atoms with Crippen molar-refractivity contribution in [3.05, 3.63) is 65.3 Å². The van der Waals surface area contributed by atoms with Crippen molar-refractivity contribution >= 4 is 36.5 Å². The van der Waals surface area contributed by atoms with E-state index in [2.05, 4.69) is 20.9 Å². The maximum Gasteiger partial charge on any atom is 0.224 e. The molecule has 3 rings (SSSR count). The molecule has 0 aliphatic heterocycles. The van der Waals surface area contributed by atoms with Gasteiger partial charge in [0.15, 0.2) is 5.03 Å². The highest BCUT2D eigenvalue weighted by molar-refractivity contribution is 9.10. The number of benzene rings is 2. The van der Waals surface area contributed by atoms with Gasteiger partial charge in [-0.2, -0.15) is 0 Å². The van der Waals surface area contributed by atoms with Crippen LogP contribution in [0.4, 0.5) is 0 Å². The molecular formula is C15H10BrNO2S. The van der Waals surface area contributed by atoms with Gasteiger partial charge in [0.25, 0.3) is 0 Å². The average Bonchev–Trinajstić information content (AvgIpc) is 2.48. The molecule has 0 atom stereocenters. The van der Waals surface area contributed by atoms with E-state index in [1.807, 2.05) is 12.1 Å². The maximum absolute atomic E-state index is 12.7. The van der Waals surface area contributed by atoms with Gasteiger partial charge in [0.1, 0.15) is 0 Å². The highest BCUT2D eigenvalue weighted by Crippen LogP contribution is 2.30. The molecule has 0 N–H and O–H groups in total. The lowest BCUT2D eigenvalue weighted by Crippen LogP contribution is -2.05. The molecule has 100 valence electrons. The van der Waals surface area contributed by atoms with E-state index in [0.717, 1.165) is 9.86 Å². The third kappa shape index (κ3) is 2.13. The Balaban J connectivity index is 2.34. The number of pyridine rings is 1. The van der Waals surface area contributed by atoms with Crippen molar-refractivity contribution in [2.75, 3.05) is 0 Å². The molecule has 0 fully saturated rings. The summed E-state index contributed by atoms with van der Waals surface area (Å²) in [6.07, 6.45) is 1.53. The van der Waals surface area contributed by atoms with E-state index in [9.17, 15) is 8.42 Å². The van der Waals surface area contributed by atoms with Crippen LogP contribution in [0.5, 0.6) is 0 Å². The van der Waals surface area contributed by atoms with Gasteiger partial charge in [-0.25, -0.2) is 13.4 Å². The van der Waals surface area contributed by atoms with E-state index >= 15 is 0 Å². The molecule has 0 bridgehead atoms. The first-order valence-corrected chi connectivity index (χ1v) is 8.22. The number of hydrogen-bond donors (Lipinski definition) is 0. The molecule has 3 nitrogen and oxygen atoms in total. The molecule has 1 heterocycles. The van der Waals surface area contributed by atoms with Gasteiger partial charge in [-0.1, -0.05) is 42.5 Å². The highest BCUT2D eigenvalue weighted by Gasteiger charge is 2.22. The molecule has 20 heavy (non-hydrogen) atoms. The predicted octanol–water partition coefficient (Wildman–Crippen LogP) is 3.83. The van der Waals surface area contributed by atoms with Crippen LogP contribution >= 0.6 is 15.9 Å². The van der Waals surface area contributed by atoms with Crippen molar-refractivity contribution in [1.82, 2.24) is 4.98 Å². The number of sulfone groups is 1. The molecule has 0 radical (unpaired) electrons. The summed E-state index contributed by atoms with van der Waals surface area (Å²) in [6.45, 7) is 0. The predicted molar refractivity (Wildman–Crippen MR) is 81.3 cm³/mol. The second kappa shape index (κ2) is 5.00. The smallest absolute Gasteiger partial charge is 0.224 e. The average molecular weight is 348 g/mol. The van der Waals surface area contributed by atoms with E-state index in [-0.39, 0.29) is 9.92 Å². The van der Waals surface area contributed by atoms with Crippen LogP contribution in [0.25, 0.3) is 10.8 Å². The Labute approximate surface area is 125 Å². The maximum atomic E-state index is 12.7. The van der Waals surface area contributed by atoms with E-state index in [1.165, 1.54) is 6.20 Å². The summed E-state index contributed by atoms with van der Waals surface area (Å²) < 4.78 is 26.1. The highest BCUT2D eigenvalue weighted by atomic mass is 79.9. The van der Waals surface area contributed by atoms with Gasteiger partial charge in [0.05, 0.1) is 4.90 Å². The minimum Gasteiger partial charge on any atom is -0.243 e. The van der Waals surface area contributed by atoms with E-state index in [0.29, 0.717) is 5.39 Å². The molecule has 0 amide bonds. The summed E-state index contributed by atoms with van der Waals surface area (Å²) in [5, 5.41) is 1.53. The number of fused-ring (bicyclic) bond motifs is 1. The summed E-state index contributed by atoms with van der Waals surface area (Å²) >= 11 is 3.40. The normalized spacial score (nSPS) is 11.7. The van der Waals surface area contributed by atoms with Crippen LogP contribution in [-0.4, -0.2) is 13.4 Å². The monoisotopic (exact) mass is 347 g/mol. The van der Waals surface area contributed by atoms with Gasteiger partial charge in [0.2, 0.25) is 9.84 Å². The first kappa shape index (κ1) is 13.3. The minimum absolute atomic E-state index is 0.0856. The zero-order valence-electron chi connectivity index (χ0n) is 10.3. The van der Waals surface area contributed by atoms with Crippen molar-refractivity contribution in [3.8, 4) is 0 Å². The van der Waals surface area contributed by atoms with Crippen LogP contribution in [0.15, 0.2) is 75.2 Å². The third-order valence-corrected chi connectivity index (χ3v) is 5.38. The summed E-state index contributed by atoms with van der Waals surface area (Å²) in [7, 11) is -3.61. The zero-order valence-corrected chi connectivity index (χ0v) is 12.7. The molecule has 0 unspecified atom stereocenters. The first-order chi connectivity index (χ1) is 9.60. The Bertz CT molecular complexity index is 877. The summed E-state index contributed by atoms with van der Waals surface area (Å²) in [5.41, 5.74) is 0. The van der Waals surface area contributed by atoms with Gasteiger partial charge in [-0.3, -0.25) is 0 Å². The Morgan fingerprint density at radius 1 is 0.850 bits per heavy atom. The quantitative estimate of drug-likeness (QED) is 0.707. The fraction of sp³-hybridized carbons (Fsp3) is 0. The Hall–Kier alpha value is -1.72. The molecule has 3 aromatic rings. The fourth-order valence-electron chi connectivity index (χ4n) is 2.06. The van der Waals surface area contributed by atoms with Crippen LogP contribution in [0.3, 0.4) is 0 Å². The van der Waals surface area contributed by atoms with Gasteiger partial charge < -0.3 is 0 Å². The molecule has 0 aliphatic carbocycles. The van der Waals surface area contributed by atoms with Crippen molar-refractivity contribution < 1.29 is 8.42 Å². The largest absolute Gasteiger partial charge is 0.243 e. The van der Waals surface area contributed by atoms with Gasteiger partial charge in [-0.15, -0.1) is 0 Å². The molecule has 0 spiro atoms. The summed E-state index contributed by atoms with van der Waals surface area (Å²) in [5.74, 6) is 0. The summed E-state index contributed by atoms with van der Waals surface area (Å²) in [6, 6.07) is 15.6. The lowest BCUT2D eigenvalue weighted by molar-refractivity contribution is 0.593. The van der Waals surface area contributed by atoms with Gasteiger partial charge >= 0.3 is 0 Å². The van der Waals surface area contributed by atoms with E-state index < -0.39 is 9.84 Å². The van der Waals surface area contributed by atoms with Gasteiger partial charge in [0, 0.05) is 21.4 Å². The van der Waals surface area contributed by atoms with Gasteiger partial charge in [-0.05, 0) is 28.1 Å². The molecule has 1 aromatic heterocycles. The first-order valence-electron chi connectivity index (χ1n) is 5.94. The van der Waals surface area contributed by atoms with Crippen molar-refractivity contribution in [2.45, 2.75) is 9.92 Å². The topological polar surface area (TPSA) is 47.0 Å². The van der Waals surface area contributed by atoms with Crippen molar-refractivity contribution in [3.63, 3.8) is 0 Å². The van der Waals surface area contributed by atoms with Crippen LogP contribution < -0.4 is 0 Å². The standard InChI is InChI=1S/C15H10BrNO2S/c16-14-10-17-15(13-9-5-4-8-12(13)14)20(18,19)11-6-2-1-3-7-11/h1-10H. The van der Waals surface area contributed by atoms with Crippen molar-refractivity contribution in [1.29, 1.82) is 0 Å². The number of hydrogen-bond acceptors (Lipinski definition) is 3. The Morgan fingerprint density at radius 2 is 1.45 bits per heavy atom. The SMILES string of the molecule is O=S(=O)(c1ccccc1)c1ncc(Br)c2ccccc12. The zero-order chi connectivity index (χ0) is 14.2. The molecule has 2 aromatic carbocycles. The van der Waals surface area contributed by atoms with Crippen LogP contribution in [0.2, 0.25) is 0 Å². The second-order valence-corrected chi connectivity index (χ2v) is 6.99. The molecule has 5 heteroatoms. The Morgan fingerprint density at radius 3 is 2.15 bits per heavy atom. The van der Waals surface area contributed by atoms with Crippen LogP contribution in [0, 0.1) is 0 Å². The molecule has 0 aliphatic rings. The third-order valence-electron chi connectivity index (χ3n) is 3.02. The fourth-order valence-corrected chi connectivity index (χ4v) is 3.90. The van der Waals surface area contributed by atoms with Crippen LogP contribution in [-0.2, 0) is 9.84 Å². The molecular weight excluding hydrogens is 338 g/mol. The van der Waals surface area contributed by atoms with Crippen LogP contribution in [0.1, 0.15) is 0 Å². The summed E-state index contributed by atoms with van der Waals surface area (Å²) in [4.78, 5) is 4.37. The van der Waals surface area contributed by atoms with E-state index in [1.54, 1.807) is 42.5 Å². The lowest BCUT2D eigenvalue weighted by atomic mass is 10.2.